The maximum absolute atomic E-state index is 4.86. The van der Waals surface area contributed by atoms with Crippen LogP contribution in [0.2, 0.25) is 0 Å². The molecule has 42 heavy (non-hydrogen) atoms. The summed E-state index contributed by atoms with van der Waals surface area (Å²) in [7, 11) is 0. The summed E-state index contributed by atoms with van der Waals surface area (Å²) in [5.41, 5.74) is 10.8. The quantitative estimate of drug-likeness (QED) is 0.200. The molecule has 2 heterocycles. The lowest BCUT2D eigenvalue weighted by molar-refractivity contribution is 1.17. The minimum atomic E-state index is 0.958. The number of hydrogen-bond donors (Lipinski definition) is 0. The number of pyridine rings is 1. The van der Waals surface area contributed by atoms with Gasteiger partial charge < -0.3 is 14.2 Å². The summed E-state index contributed by atoms with van der Waals surface area (Å²) in [6, 6.07) is 53.1. The van der Waals surface area contributed by atoms with Gasteiger partial charge in [-0.3, -0.25) is 0 Å². The minimum absolute atomic E-state index is 0.958. The Morgan fingerprint density at radius 2 is 0.881 bits per heavy atom. The highest BCUT2D eigenvalue weighted by atomic mass is 15.2. The van der Waals surface area contributed by atoms with Gasteiger partial charge in [-0.15, -0.1) is 0 Å². The summed E-state index contributed by atoms with van der Waals surface area (Å²) < 4.78 is 2.07. The smallest absolute Gasteiger partial charge is 0.137 e. The van der Waals surface area contributed by atoms with Crippen molar-refractivity contribution in [3.05, 3.63) is 170 Å². The third kappa shape index (κ3) is 5.02. The van der Waals surface area contributed by atoms with E-state index in [9.17, 15) is 0 Å². The Balaban J connectivity index is 1.25. The molecule has 0 fully saturated rings. The highest BCUT2D eigenvalue weighted by Gasteiger charge is 2.16. The second-order valence-corrected chi connectivity index (χ2v) is 10.3. The Morgan fingerprint density at radius 3 is 1.33 bits per heavy atom. The summed E-state index contributed by atoms with van der Waals surface area (Å²) in [4.78, 5) is 9.42. The van der Waals surface area contributed by atoms with Crippen LogP contribution >= 0.6 is 0 Å². The van der Waals surface area contributed by atoms with E-state index in [4.69, 9.17) is 4.98 Å². The second kappa shape index (κ2) is 11.1. The lowest BCUT2D eigenvalue weighted by atomic mass is 10.1. The van der Waals surface area contributed by atoms with E-state index < -0.39 is 0 Å². The fourth-order valence-corrected chi connectivity index (χ4v) is 5.38. The SMILES string of the molecule is Cc1ccn2cc(-c3ccc(N(c4ccccc4)c4ccc(N(c5ccccc5)c5ccccc5)cc4)cc3)nc2c1. The molecule has 0 bridgehead atoms. The van der Waals surface area contributed by atoms with Crippen LogP contribution in [0.1, 0.15) is 5.56 Å². The fourth-order valence-electron chi connectivity index (χ4n) is 5.38. The van der Waals surface area contributed by atoms with Gasteiger partial charge in [0.1, 0.15) is 5.65 Å². The molecule has 2 aromatic heterocycles. The molecule has 0 aliphatic rings. The van der Waals surface area contributed by atoms with Crippen LogP contribution in [0.15, 0.2) is 164 Å². The van der Waals surface area contributed by atoms with Crippen molar-refractivity contribution in [1.82, 2.24) is 9.38 Å². The number of aryl methyl sites for hydroxylation is 1. The van der Waals surface area contributed by atoms with E-state index in [1.807, 2.05) is 0 Å². The number of hydrogen-bond acceptors (Lipinski definition) is 3. The molecule has 4 heteroatoms. The summed E-state index contributed by atoms with van der Waals surface area (Å²) in [6.07, 6.45) is 4.15. The van der Waals surface area contributed by atoms with E-state index in [1.165, 1.54) is 5.56 Å². The van der Waals surface area contributed by atoms with Crippen LogP contribution in [0.4, 0.5) is 34.1 Å². The molecule has 0 aliphatic carbocycles. The topological polar surface area (TPSA) is 23.8 Å². The molecule has 0 radical (unpaired) electrons. The third-order valence-corrected chi connectivity index (χ3v) is 7.45. The van der Waals surface area contributed by atoms with E-state index >= 15 is 0 Å². The number of nitrogens with zero attached hydrogens (tertiary/aromatic N) is 4. The van der Waals surface area contributed by atoms with Crippen molar-refractivity contribution in [1.29, 1.82) is 0 Å². The number of fused-ring (bicyclic) bond motifs is 1. The van der Waals surface area contributed by atoms with Gasteiger partial charge in [0, 0.05) is 52.1 Å². The number of anilines is 6. The summed E-state index contributed by atoms with van der Waals surface area (Å²) >= 11 is 0. The normalized spacial score (nSPS) is 11.0. The first-order valence-electron chi connectivity index (χ1n) is 14.1. The Labute approximate surface area is 246 Å². The van der Waals surface area contributed by atoms with Gasteiger partial charge in [0.15, 0.2) is 0 Å². The molecule has 4 nitrogen and oxygen atoms in total. The summed E-state index contributed by atoms with van der Waals surface area (Å²) in [5, 5.41) is 0. The Morgan fingerprint density at radius 1 is 0.476 bits per heavy atom. The lowest BCUT2D eigenvalue weighted by Gasteiger charge is -2.28. The highest BCUT2D eigenvalue weighted by molar-refractivity contribution is 5.81. The molecule has 0 unspecified atom stereocenters. The van der Waals surface area contributed by atoms with Gasteiger partial charge in [-0.2, -0.15) is 0 Å². The largest absolute Gasteiger partial charge is 0.311 e. The Kier molecular flexibility index (Phi) is 6.71. The van der Waals surface area contributed by atoms with Gasteiger partial charge in [-0.25, -0.2) is 4.98 Å². The molecule has 0 N–H and O–H groups in total. The molecular weight excluding hydrogens is 512 g/mol. The van der Waals surface area contributed by atoms with Crippen molar-refractivity contribution < 1.29 is 0 Å². The van der Waals surface area contributed by atoms with Crippen molar-refractivity contribution in [3.63, 3.8) is 0 Å². The molecular formula is C38H30N4. The number of aromatic nitrogens is 2. The zero-order valence-electron chi connectivity index (χ0n) is 23.4. The predicted molar refractivity (Wildman–Crippen MR) is 175 cm³/mol. The summed E-state index contributed by atoms with van der Waals surface area (Å²) in [6.45, 7) is 2.09. The van der Waals surface area contributed by atoms with Crippen LogP contribution < -0.4 is 9.80 Å². The van der Waals surface area contributed by atoms with Crippen molar-refractivity contribution in [3.8, 4) is 11.3 Å². The predicted octanol–water partition coefficient (Wildman–Crippen LogP) is 10.2. The van der Waals surface area contributed by atoms with E-state index in [2.05, 4.69) is 185 Å². The average molecular weight is 543 g/mol. The second-order valence-electron chi connectivity index (χ2n) is 10.3. The van der Waals surface area contributed by atoms with Gasteiger partial charge in [-0.05, 0) is 97.4 Å². The molecule has 0 saturated carbocycles. The standard InChI is InChI=1S/C38H30N4/c1-29-25-26-40-28-37(39-38(40)27-29)30-17-19-34(20-18-30)42(33-15-9-4-10-16-33)36-23-21-35(22-24-36)41(31-11-5-2-6-12-31)32-13-7-3-8-14-32/h2-28H,1H3. The van der Waals surface area contributed by atoms with Gasteiger partial charge in [0.2, 0.25) is 0 Å². The first-order chi connectivity index (χ1) is 20.7. The number of imidazole rings is 1. The molecule has 0 spiro atoms. The Hall–Kier alpha value is -5.61. The zero-order chi connectivity index (χ0) is 28.3. The molecule has 7 aromatic rings. The van der Waals surface area contributed by atoms with Crippen molar-refractivity contribution >= 4 is 39.8 Å². The van der Waals surface area contributed by atoms with Crippen molar-refractivity contribution in [2.75, 3.05) is 9.80 Å². The van der Waals surface area contributed by atoms with Gasteiger partial charge in [0.25, 0.3) is 0 Å². The minimum Gasteiger partial charge on any atom is -0.311 e. The maximum Gasteiger partial charge on any atom is 0.137 e. The van der Waals surface area contributed by atoms with Crippen molar-refractivity contribution in [2.45, 2.75) is 6.92 Å². The molecule has 0 aliphatic heterocycles. The molecule has 0 saturated heterocycles. The molecule has 0 atom stereocenters. The number of para-hydroxylation sites is 3. The molecule has 202 valence electrons. The van der Waals surface area contributed by atoms with Crippen molar-refractivity contribution in [2.24, 2.45) is 0 Å². The van der Waals surface area contributed by atoms with Crippen LogP contribution in [0, 0.1) is 6.92 Å². The van der Waals surface area contributed by atoms with Crippen LogP contribution in [-0.2, 0) is 0 Å². The average Bonchev–Trinajstić information content (AvgIpc) is 3.47. The monoisotopic (exact) mass is 542 g/mol. The number of rotatable bonds is 7. The van der Waals surface area contributed by atoms with E-state index in [0.29, 0.717) is 0 Å². The molecule has 0 amide bonds. The Bertz CT molecular complexity index is 1870. The van der Waals surface area contributed by atoms with Gasteiger partial charge in [0.05, 0.1) is 5.69 Å². The maximum atomic E-state index is 4.86. The summed E-state index contributed by atoms with van der Waals surface area (Å²) in [5.74, 6) is 0. The first-order valence-corrected chi connectivity index (χ1v) is 14.1. The van der Waals surface area contributed by atoms with E-state index in [1.54, 1.807) is 0 Å². The zero-order valence-corrected chi connectivity index (χ0v) is 23.4. The third-order valence-electron chi connectivity index (χ3n) is 7.45. The van der Waals surface area contributed by atoms with E-state index in [-0.39, 0.29) is 0 Å². The van der Waals surface area contributed by atoms with Crippen LogP contribution in [0.25, 0.3) is 16.9 Å². The first kappa shape index (κ1) is 25.4. The highest BCUT2D eigenvalue weighted by Crippen LogP contribution is 2.39. The van der Waals surface area contributed by atoms with Crippen LogP contribution in [0.5, 0.6) is 0 Å². The molecule has 7 rings (SSSR count). The van der Waals surface area contributed by atoms with E-state index in [0.717, 1.165) is 51.0 Å². The fraction of sp³-hybridized carbons (Fsp3) is 0.0263. The van der Waals surface area contributed by atoms with Gasteiger partial charge >= 0.3 is 0 Å². The van der Waals surface area contributed by atoms with Crippen LogP contribution in [0.3, 0.4) is 0 Å². The lowest BCUT2D eigenvalue weighted by Crippen LogP contribution is -2.12. The number of benzene rings is 5. The van der Waals surface area contributed by atoms with Crippen LogP contribution in [-0.4, -0.2) is 9.38 Å². The van der Waals surface area contributed by atoms with Gasteiger partial charge in [-0.1, -0.05) is 66.7 Å². The molecule has 5 aromatic carbocycles.